The summed E-state index contributed by atoms with van der Waals surface area (Å²) in [5.41, 5.74) is 5.55. The molecule has 2 fully saturated rings. The second-order valence-electron chi connectivity index (χ2n) is 15.4. The molecule has 0 bridgehead atoms. The molecule has 11 heteroatoms. The lowest BCUT2D eigenvalue weighted by molar-refractivity contribution is 0.188. The topological polar surface area (TPSA) is 66.4 Å². The first-order valence-corrected chi connectivity index (χ1v) is 20.5. The van der Waals surface area contributed by atoms with Crippen LogP contribution in [0.4, 0.5) is 19.0 Å². The first-order chi connectivity index (χ1) is 24.2. The molecule has 0 radical (unpaired) electrons. The van der Waals surface area contributed by atoms with E-state index in [1.807, 2.05) is 36.0 Å². The molecule has 0 amide bonds. The Labute approximate surface area is 301 Å². The van der Waals surface area contributed by atoms with Crippen molar-refractivity contribution in [1.82, 2.24) is 25.2 Å². The molecule has 0 spiro atoms. The Morgan fingerprint density at radius 3 is 2.41 bits per heavy atom. The van der Waals surface area contributed by atoms with Gasteiger partial charge < -0.3 is 15.0 Å². The molecule has 4 atom stereocenters. The first kappa shape index (κ1) is 37.0. The summed E-state index contributed by atoms with van der Waals surface area (Å²) in [6.07, 6.45) is 1.91. The van der Waals surface area contributed by atoms with Gasteiger partial charge in [0.1, 0.15) is 43.7 Å². The molecule has 4 aromatic rings. The highest BCUT2D eigenvalue weighted by molar-refractivity contribution is 6.90. The summed E-state index contributed by atoms with van der Waals surface area (Å²) in [5.74, 6) is 2.73. The number of likely N-dealkylation sites (tertiary alicyclic amines) is 1. The number of pyridine rings is 1. The predicted octanol–water partition coefficient (Wildman–Crippen LogP) is 8.30. The van der Waals surface area contributed by atoms with Gasteiger partial charge in [0.15, 0.2) is 5.82 Å². The van der Waals surface area contributed by atoms with E-state index >= 15 is 8.78 Å². The first-order valence-electron chi connectivity index (χ1n) is 18.3. The molecule has 2 saturated heterocycles. The average Bonchev–Trinajstić information content (AvgIpc) is 3.66. The van der Waals surface area contributed by atoms with E-state index in [0.29, 0.717) is 51.7 Å². The molecule has 6 rings (SSSR count). The molecular formula is C40H51F3N6OSi. The zero-order valence-electron chi connectivity index (χ0n) is 31.3. The van der Waals surface area contributed by atoms with Gasteiger partial charge in [-0.05, 0) is 61.4 Å². The van der Waals surface area contributed by atoms with E-state index in [1.165, 1.54) is 6.07 Å². The van der Waals surface area contributed by atoms with Crippen LogP contribution in [-0.2, 0) is 0 Å². The molecule has 0 unspecified atom stereocenters. The molecule has 2 aromatic heterocycles. The van der Waals surface area contributed by atoms with E-state index in [-0.39, 0.29) is 47.5 Å². The smallest absolute Gasteiger partial charge is 0.319 e. The molecular weight excluding hydrogens is 666 g/mol. The van der Waals surface area contributed by atoms with Crippen LogP contribution in [0, 0.1) is 23.1 Å². The summed E-state index contributed by atoms with van der Waals surface area (Å²) in [6.45, 7) is 16.8. The lowest BCUT2D eigenvalue weighted by Crippen LogP contribution is -2.43. The SMILES string of the molecule is CC(C)[Si](C#Cc1c(F)ccc2cccc(-c3ncc4c(N(C)[C@@H]5CCN[C@@H]5C)nc(OC[C@@H]5C[C@@H](F)CN5C)nc4c3F)c12)(C(C)C)C(C)C. The van der Waals surface area contributed by atoms with Gasteiger partial charge in [-0.15, -0.1) is 5.54 Å². The number of aromatic nitrogens is 3. The van der Waals surface area contributed by atoms with Crippen molar-refractivity contribution in [3.05, 3.63) is 53.7 Å². The van der Waals surface area contributed by atoms with Crippen molar-refractivity contribution in [3.63, 3.8) is 0 Å². The van der Waals surface area contributed by atoms with Crippen LogP contribution in [0.5, 0.6) is 6.01 Å². The van der Waals surface area contributed by atoms with Crippen LogP contribution >= 0.6 is 0 Å². The average molecular weight is 717 g/mol. The molecule has 4 heterocycles. The molecule has 2 aliphatic heterocycles. The van der Waals surface area contributed by atoms with Crippen molar-refractivity contribution >= 4 is 35.6 Å². The maximum absolute atomic E-state index is 17.1. The summed E-state index contributed by atoms with van der Waals surface area (Å²) in [7, 11) is 1.59. The Hall–Kier alpha value is -3.72. The van der Waals surface area contributed by atoms with Crippen molar-refractivity contribution < 1.29 is 17.9 Å². The summed E-state index contributed by atoms with van der Waals surface area (Å²) in [5, 5.41) is 5.18. The van der Waals surface area contributed by atoms with E-state index in [2.05, 4.69) is 75.2 Å². The molecule has 0 aliphatic carbocycles. The van der Waals surface area contributed by atoms with E-state index in [9.17, 15) is 4.39 Å². The van der Waals surface area contributed by atoms with Gasteiger partial charge in [0.05, 0.1) is 10.9 Å². The van der Waals surface area contributed by atoms with Crippen molar-refractivity contribution in [2.45, 2.75) is 102 Å². The second-order valence-corrected chi connectivity index (χ2v) is 21.0. The standard InChI is InChI=1S/C40H51F3N6OSi/c1-23(2)51(24(3)4,25(5)6)18-16-30-33(42)14-13-27-11-10-12-31(35(27)30)37-36(43)38-32(20-45-37)39(49(9)34-15-17-44-26(34)7)47-40(46-38)50-22-29-19-28(41)21-48(29)8/h10-14,20,23-26,28-29,34,44H,15,17,19,21-22H2,1-9H3/t26-,28-,29+,34-/m1/s1. The lowest BCUT2D eigenvalue weighted by atomic mass is 9.96. The number of likely N-dealkylation sites (N-methyl/N-ethyl adjacent to an activating group) is 2. The van der Waals surface area contributed by atoms with Crippen LogP contribution < -0.4 is 15.0 Å². The normalized spacial score (nSPS) is 21.3. The maximum Gasteiger partial charge on any atom is 0.319 e. The van der Waals surface area contributed by atoms with Crippen molar-refractivity contribution in [3.8, 4) is 28.7 Å². The van der Waals surface area contributed by atoms with Crippen LogP contribution in [0.3, 0.4) is 0 Å². The quantitative estimate of drug-likeness (QED) is 0.138. The number of ether oxygens (including phenoxy) is 1. The molecule has 0 saturated carbocycles. The zero-order valence-corrected chi connectivity index (χ0v) is 32.3. The highest BCUT2D eigenvalue weighted by Crippen LogP contribution is 2.42. The minimum absolute atomic E-state index is 0.0163. The Kier molecular flexibility index (Phi) is 10.7. The van der Waals surface area contributed by atoms with Gasteiger partial charge in [0, 0.05) is 48.9 Å². The summed E-state index contributed by atoms with van der Waals surface area (Å²) in [6, 6.07) is 8.78. The number of alkyl halides is 1. The molecule has 272 valence electrons. The van der Waals surface area contributed by atoms with Gasteiger partial charge in [-0.2, -0.15) is 9.97 Å². The summed E-state index contributed by atoms with van der Waals surface area (Å²) < 4.78 is 53.3. The van der Waals surface area contributed by atoms with E-state index in [0.717, 1.165) is 18.4 Å². The molecule has 2 aromatic carbocycles. The summed E-state index contributed by atoms with van der Waals surface area (Å²) in [4.78, 5) is 18.0. The number of halogens is 3. The van der Waals surface area contributed by atoms with Crippen molar-refractivity contribution in [2.24, 2.45) is 0 Å². The van der Waals surface area contributed by atoms with Gasteiger partial charge in [0.25, 0.3) is 0 Å². The third-order valence-electron chi connectivity index (χ3n) is 11.5. The molecule has 2 aliphatic rings. The monoisotopic (exact) mass is 716 g/mol. The maximum atomic E-state index is 17.1. The molecule has 1 N–H and O–H groups in total. The van der Waals surface area contributed by atoms with E-state index in [1.54, 1.807) is 18.3 Å². The third-order valence-corrected chi connectivity index (χ3v) is 17.8. The fourth-order valence-corrected chi connectivity index (χ4v) is 13.9. The number of benzene rings is 2. The van der Waals surface area contributed by atoms with Crippen LogP contribution in [0.15, 0.2) is 36.5 Å². The van der Waals surface area contributed by atoms with Crippen LogP contribution in [0.25, 0.3) is 32.9 Å². The molecule has 7 nitrogen and oxygen atoms in total. The number of nitrogens with one attached hydrogen (secondary N) is 1. The Morgan fingerprint density at radius 2 is 1.78 bits per heavy atom. The van der Waals surface area contributed by atoms with E-state index < -0.39 is 25.9 Å². The lowest BCUT2D eigenvalue weighted by Gasteiger charge is -2.38. The Balaban J connectivity index is 1.53. The van der Waals surface area contributed by atoms with Crippen LogP contribution in [0.1, 0.15) is 66.9 Å². The fourth-order valence-electron chi connectivity index (χ4n) is 8.73. The zero-order chi connectivity index (χ0) is 36.8. The van der Waals surface area contributed by atoms with Crippen LogP contribution in [0.2, 0.25) is 16.6 Å². The fraction of sp³-hybridized carbons (Fsp3) is 0.525. The van der Waals surface area contributed by atoms with Crippen LogP contribution in [-0.4, -0.2) is 86.0 Å². The van der Waals surface area contributed by atoms with Gasteiger partial charge in [0.2, 0.25) is 0 Å². The third kappa shape index (κ3) is 6.83. The van der Waals surface area contributed by atoms with E-state index in [4.69, 9.17) is 9.72 Å². The largest absolute Gasteiger partial charge is 0.462 e. The predicted molar refractivity (Wildman–Crippen MR) is 204 cm³/mol. The molecule has 51 heavy (non-hydrogen) atoms. The Bertz CT molecular complexity index is 1960. The minimum Gasteiger partial charge on any atom is -0.462 e. The minimum atomic E-state index is -2.21. The van der Waals surface area contributed by atoms with Crippen molar-refractivity contribution in [1.29, 1.82) is 0 Å². The highest BCUT2D eigenvalue weighted by atomic mass is 28.3. The second kappa shape index (κ2) is 14.7. The van der Waals surface area contributed by atoms with Gasteiger partial charge in [-0.1, -0.05) is 71.7 Å². The number of rotatable bonds is 9. The highest BCUT2D eigenvalue weighted by Gasteiger charge is 2.42. The van der Waals surface area contributed by atoms with Gasteiger partial charge >= 0.3 is 6.01 Å². The van der Waals surface area contributed by atoms with Crippen molar-refractivity contribution in [2.75, 3.05) is 38.7 Å². The number of anilines is 1. The van der Waals surface area contributed by atoms with Gasteiger partial charge in [-0.3, -0.25) is 9.88 Å². The summed E-state index contributed by atoms with van der Waals surface area (Å²) >= 11 is 0. The number of hydrogen-bond donors (Lipinski definition) is 1. The van der Waals surface area contributed by atoms with Gasteiger partial charge in [-0.25, -0.2) is 13.2 Å². The number of fused-ring (bicyclic) bond motifs is 2. The Morgan fingerprint density at radius 1 is 1.06 bits per heavy atom. The number of nitrogens with zero attached hydrogens (tertiary/aromatic N) is 5. The number of hydrogen-bond acceptors (Lipinski definition) is 7.